The van der Waals surface area contributed by atoms with Crippen molar-refractivity contribution in [3.05, 3.63) is 23.8 Å². The van der Waals surface area contributed by atoms with E-state index in [0.29, 0.717) is 0 Å². The molecule has 6 nitrogen and oxygen atoms in total. The Morgan fingerprint density at radius 1 is 1.44 bits per heavy atom. The summed E-state index contributed by atoms with van der Waals surface area (Å²) in [5, 5.41) is 20.1. The smallest absolute Gasteiger partial charge is 0.322 e. The first-order chi connectivity index (χ1) is 7.56. The fourth-order valence-corrected chi connectivity index (χ4v) is 1.12. The third kappa shape index (κ3) is 2.63. The summed E-state index contributed by atoms with van der Waals surface area (Å²) in [6, 6.07) is 4.38. The van der Waals surface area contributed by atoms with E-state index < -0.39 is 18.4 Å². The van der Waals surface area contributed by atoms with Gasteiger partial charge in [0, 0.05) is 0 Å². The van der Waals surface area contributed by atoms with E-state index in [1.807, 2.05) is 0 Å². The van der Waals surface area contributed by atoms with Crippen LogP contribution in [-0.2, 0) is 4.79 Å². The molecule has 0 radical (unpaired) electrons. The first-order valence-electron chi connectivity index (χ1n) is 4.42. The molecule has 0 aromatic heterocycles. The van der Waals surface area contributed by atoms with E-state index in [0.717, 1.165) is 0 Å². The molecule has 86 valence electrons. The highest BCUT2D eigenvalue weighted by atomic mass is 16.5. The number of benzene rings is 1. The second-order valence-corrected chi connectivity index (χ2v) is 2.93. The minimum atomic E-state index is -1.16. The highest BCUT2D eigenvalue weighted by Gasteiger charge is 2.14. The van der Waals surface area contributed by atoms with E-state index in [1.54, 1.807) is 0 Å². The zero-order chi connectivity index (χ0) is 12.1. The van der Waals surface area contributed by atoms with Gasteiger partial charge in [-0.3, -0.25) is 9.59 Å². The summed E-state index contributed by atoms with van der Waals surface area (Å²) in [7, 11) is 1.36. The molecule has 1 aromatic carbocycles. The van der Waals surface area contributed by atoms with Gasteiger partial charge < -0.3 is 20.3 Å². The number of rotatable bonds is 4. The molecule has 1 aromatic rings. The zero-order valence-corrected chi connectivity index (χ0v) is 8.56. The van der Waals surface area contributed by atoms with Crippen molar-refractivity contribution in [2.45, 2.75) is 0 Å². The molecular formula is C10H11NO5. The normalized spacial score (nSPS) is 9.56. The quantitative estimate of drug-likeness (QED) is 0.681. The number of hydrogen-bond acceptors (Lipinski definition) is 4. The maximum atomic E-state index is 11.4. The first-order valence-corrected chi connectivity index (χ1v) is 4.42. The largest absolute Gasteiger partial charge is 0.504 e. The Morgan fingerprint density at radius 3 is 2.69 bits per heavy atom. The lowest BCUT2D eigenvalue weighted by molar-refractivity contribution is -0.135. The van der Waals surface area contributed by atoms with Crippen molar-refractivity contribution in [3.8, 4) is 11.5 Å². The average Bonchev–Trinajstić information content (AvgIpc) is 2.26. The maximum absolute atomic E-state index is 11.4. The maximum Gasteiger partial charge on any atom is 0.322 e. The Bertz CT molecular complexity index is 416. The van der Waals surface area contributed by atoms with Gasteiger partial charge in [-0.15, -0.1) is 0 Å². The van der Waals surface area contributed by atoms with Crippen molar-refractivity contribution >= 4 is 11.9 Å². The molecule has 0 aliphatic heterocycles. The average molecular weight is 225 g/mol. The van der Waals surface area contributed by atoms with Crippen molar-refractivity contribution in [1.29, 1.82) is 0 Å². The number of ether oxygens (including phenoxy) is 1. The van der Waals surface area contributed by atoms with Crippen LogP contribution in [-0.4, -0.2) is 35.7 Å². The van der Waals surface area contributed by atoms with Gasteiger partial charge in [-0.1, -0.05) is 6.07 Å². The number of phenols is 1. The molecule has 0 saturated carbocycles. The fourth-order valence-electron chi connectivity index (χ4n) is 1.12. The van der Waals surface area contributed by atoms with Gasteiger partial charge in [-0.25, -0.2) is 0 Å². The van der Waals surface area contributed by atoms with Crippen molar-refractivity contribution < 1.29 is 24.5 Å². The highest BCUT2D eigenvalue weighted by molar-refractivity contribution is 5.98. The molecule has 1 amide bonds. The standard InChI is InChI=1S/C10H11NO5/c1-16-7-4-2-3-6(9(7)14)10(15)11-5-8(12)13/h2-4,14H,5H2,1H3,(H,11,15)(H,12,13). The SMILES string of the molecule is COc1cccc(C(=O)NCC(=O)O)c1O. The summed E-state index contributed by atoms with van der Waals surface area (Å²) >= 11 is 0. The third-order valence-corrected chi connectivity index (χ3v) is 1.86. The lowest BCUT2D eigenvalue weighted by Crippen LogP contribution is -2.29. The van der Waals surface area contributed by atoms with Crippen molar-refractivity contribution in [2.24, 2.45) is 0 Å². The van der Waals surface area contributed by atoms with E-state index in [9.17, 15) is 14.7 Å². The number of hydrogen-bond donors (Lipinski definition) is 3. The molecule has 0 heterocycles. The van der Waals surface area contributed by atoms with Gasteiger partial charge >= 0.3 is 5.97 Å². The van der Waals surface area contributed by atoms with Crippen LogP contribution in [0.5, 0.6) is 11.5 Å². The summed E-state index contributed by atoms with van der Waals surface area (Å²) in [6.45, 7) is -0.504. The fraction of sp³-hybridized carbons (Fsp3) is 0.200. The third-order valence-electron chi connectivity index (χ3n) is 1.86. The zero-order valence-electron chi connectivity index (χ0n) is 8.56. The molecule has 3 N–H and O–H groups in total. The van der Waals surface area contributed by atoms with Gasteiger partial charge in [0.1, 0.15) is 6.54 Å². The van der Waals surface area contributed by atoms with Gasteiger partial charge in [0.2, 0.25) is 0 Å². The van der Waals surface area contributed by atoms with Gasteiger partial charge in [-0.2, -0.15) is 0 Å². The van der Waals surface area contributed by atoms with Crippen LogP contribution in [0.4, 0.5) is 0 Å². The molecule has 0 bridgehead atoms. The van der Waals surface area contributed by atoms with Gasteiger partial charge in [-0.05, 0) is 12.1 Å². The summed E-state index contributed by atoms with van der Waals surface area (Å²) in [5.74, 6) is -1.98. The minimum Gasteiger partial charge on any atom is -0.504 e. The van der Waals surface area contributed by atoms with Crippen LogP contribution in [0.3, 0.4) is 0 Å². The monoisotopic (exact) mass is 225 g/mol. The summed E-state index contributed by atoms with van der Waals surface area (Å²) in [6.07, 6.45) is 0. The molecule has 1 rings (SSSR count). The van der Waals surface area contributed by atoms with Crippen molar-refractivity contribution in [3.63, 3.8) is 0 Å². The predicted molar refractivity (Wildman–Crippen MR) is 54.6 cm³/mol. The molecule has 0 aliphatic rings. The first kappa shape index (κ1) is 11.8. The molecule has 6 heteroatoms. The van der Waals surface area contributed by atoms with Crippen molar-refractivity contribution in [2.75, 3.05) is 13.7 Å². The molecule has 0 spiro atoms. The van der Waals surface area contributed by atoms with Crippen LogP contribution in [0, 0.1) is 0 Å². The number of aromatic hydroxyl groups is 1. The molecule has 0 saturated heterocycles. The van der Waals surface area contributed by atoms with Crippen LogP contribution in [0.15, 0.2) is 18.2 Å². The number of aliphatic carboxylic acids is 1. The second kappa shape index (κ2) is 5.01. The number of carbonyl (C=O) groups is 2. The van der Waals surface area contributed by atoms with Gasteiger partial charge in [0.15, 0.2) is 11.5 Å². The number of carboxylic acids is 1. The number of nitrogens with one attached hydrogen (secondary N) is 1. The Morgan fingerprint density at radius 2 is 2.12 bits per heavy atom. The molecule has 0 unspecified atom stereocenters. The Labute approximate surface area is 91.5 Å². The number of para-hydroxylation sites is 1. The van der Waals surface area contributed by atoms with Gasteiger partial charge in [0.05, 0.1) is 12.7 Å². The number of phenolic OH excluding ortho intramolecular Hbond substituents is 1. The number of amides is 1. The van der Waals surface area contributed by atoms with E-state index in [1.165, 1.54) is 25.3 Å². The van der Waals surface area contributed by atoms with E-state index in [2.05, 4.69) is 5.32 Å². The van der Waals surface area contributed by atoms with E-state index in [4.69, 9.17) is 9.84 Å². The van der Waals surface area contributed by atoms with Crippen LogP contribution in [0.1, 0.15) is 10.4 Å². The highest BCUT2D eigenvalue weighted by Crippen LogP contribution is 2.28. The van der Waals surface area contributed by atoms with E-state index >= 15 is 0 Å². The summed E-state index contributed by atoms with van der Waals surface area (Å²) < 4.78 is 4.82. The van der Waals surface area contributed by atoms with Gasteiger partial charge in [0.25, 0.3) is 5.91 Å². The van der Waals surface area contributed by atoms with Crippen LogP contribution in [0.25, 0.3) is 0 Å². The van der Waals surface area contributed by atoms with Crippen LogP contribution >= 0.6 is 0 Å². The Hall–Kier alpha value is -2.24. The topological polar surface area (TPSA) is 95.9 Å². The lowest BCUT2D eigenvalue weighted by Gasteiger charge is -2.08. The number of carboxylic acid groups (broad SMARTS) is 1. The molecule has 16 heavy (non-hydrogen) atoms. The van der Waals surface area contributed by atoms with Crippen LogP contribution in [0.2, 0.25) is 0 Å². The summed E-state index contributed by atoms with van der Waals surface area (Å²) in [4.78, 5) is 21.7. The van der Waals surface area contributed by atoms with Crippen LogP contribution < -0.4 is 10.1 Å². The molecule has 0 fully saturated rings. The molecule has 0 aliphatic carbocycles. The molecule has 0 atom stereocenters. The predicted octanol–water partition coefficient (Wildman–Crippen LogP) is 0.215. The minimum absolute atomic E-state index is 0.0272. The molecular weight excluding hydrogens is 214 g/mol. The van der Waals surface area contributed by atoms with E-state index in [-0.39, 0.29) is 17.1 Å². The Balaban J connectivity index is 2.87. The lowest BCUT2D eigenvalue weighted by atomic mass is 10.1. The number of methoxy groups -OCH3 is 1. The Kier molecular flexibility index (Phi) is 3.71. The number of carbonyl (C=O) groups excluding carboxylic acids is 1. The second-order valence-electron chi connectivity index (χ2n) is 2.93. The van der Waals surface area contributed by atoms with Crippen molar-refractivity contribution in [1.82, 2.24) is 5.32 Å². The summed E-state index contributed by atoms with van der Waals surface area (Å²) in [5.41, 5.74) is -0.0272.